The minimum Gasteiger partial charge on any atom is -0.490 e. The molecule has 0 aliphatic rings. The Hall–Kier alpha value is -1.89. The summed E-state index contributed by atoms with van der Waals surface area (Å²) in [5, 5.41) is 11.2. The first-order chi connectivity index (χ1) is 8.76. The monoisotopic (exact) mass is 268 g/mol. The molecular weight excluding hydrogens is 256 g/mol. The van der Waals surface area contributed by atoms with Gasteiger partial charge in [-0.1, -0.05) is 11.6 Å². The Morgan fingerprint density at radius 2 is 2.28 bits per heavy atom. The Morgan fingerprint density at radius 3 is 3.00 bits per heavy atom. The lowest BCUT2D eigenvalue weighted by Crippen LogP contribution is -2.09. The number of ether oxygens (including phenoxy) is 1. The van der Waals surface area contributed by atoms with E-state index in [0.29, 0.717) is 18.1 Å². The minimum absolute atomic E-state index is 0.270. The van der Waals surface area contributed by atoms with Gasteiger partial charge in [0.05, 0.1) is 13.7 Å². The zero-order chi connectivity index (χ0) is 13.0. The molecule has 0 fully saturated rings. The number of hydrogen-bond donors (Lipinski definition) is 1. The molecule has 2 rings (SSSR count). The molecule has 0 aliphatic carbocycles. The number of halogens is 1. The minimum atomic E-state index is 0.270. The van der Waals surface area contributed by atoms with Crippen molar-refractivity contribution >= 4 is 17.4 Å². The molecule has 96 valence electrons. The molecular formula is C10H13ClN6O. The van der Waals surface area contributed by atoms with Gasteiger partial charge in [-0.15, -0.1) is 10.2 Å². The predicted octanol–water partition coefficient (Wildman–Crippen LogP) is 1.36. The second-order valence-corrected chi connectivity index (χ2v) is 3.79. The van der Waals surface area contributed by atoms with Crippen LogP contribution in [0, 0.1) is 0 Å². The van der Waals surface area contributed by atoms with Crippen LogP contribution in [-0.2, 0) is 13.1 Å². The van der Waals surface area contributed by atoms with Gasteiger partial charge in [0.15, 0.2) is 22.5 Å². The fraction of sp³-hybridized carbons (Fsp3) is 0.400. The fourth-order valence-corrected chi connectivity index (χ4v) is 1.71. The zero-order valence-corrected chi connectivity index (χ0v) is 10.8. The van der Waals surface area contributed by atoms with Crippen molar-refractivity contribution in [1.29, 1.82) is 0 Å². The molecule has 0 amide bonds. The Bertz CT molecular complexity index is 529. The highest BCUT2D eigenvalue weighted by atomic mass is 35.5. The van der Waals surface area contributed by atoms with Gasteiger partial charge < -0.3 is 14.6 Å². The average molecular weight is 269 g/mol. The Kier molecular flexibility index (Phi) is 3.93. The topological polar surface area (TPSA) is 77.8 Å². The summed E-state index contributed by atoms with van der Waals surface area (Å²) in [6.45, 7) is 3.32. The molecule has 0 spiro atoms. The van der Waals surface area contributed by atoms with Gasteiger partial charge in [-0.3, -0.25) is 0 Å². The SMILES string of the molecule is CCn1cnnc1CNc1ncnc(Cl)c1OC. The van der Waals surface area contributed by atoms with Gasteiger partial charge in [-0.25, -0.2) is 9.97 Å². The molecule has 0 unspecified atom stereocenters. The number of anilines is 1. The van der Waals surface area contributed by atoms with Crippen LogP contribution in [0.5, 0.6) is 5.75 Å². The lowest BCUT2D eigenvalue weighted by Gasteiger charge is -2.10. The van der Waals surface area contributed by atoms with Crippen molar-refractivity contribution < 1.29 is 4.74 Å². The summed E-state index contributed by atoms with van der Waals surface area (Å²) >= 11 is 5.90. The van der Waals surface area contributed by atoms with E-state index in [1.165, 1.54) is 13.4 Å². The number of rotatable bonds is 5. The first-order valence-corrected chi connectivity index (χ1v) is 5.79. The van der Waals surface area contributed by atoms with Crippen molar-refractivity contribution in [2.45, 2.75) is 20.0 Å². The number of hydrogen-bond acceptors (Lipinski definition) is 6. The van der Waals surface area contributed by atoms with E-state index >= 15 is 0 Å². The van der Waals surface area contributed by atoms with Gasteiger partial charge in [-0.2, -0.15) is 0 Å². The van der Waals surface area contributed by atoms with Crippen LogP contribution in [-0.4, -0.2) is 31.8 Å². The third-order valence-electron chi connectivity index (χ3n) is 2.41. The normalized spacial score (nSPS) is 10.4. The molecule has 0 atom stereocenters. The molecule has 2 aromatic heterocycles. The van der Waals surface area contributed by atoms with E-state index in [0.717, 1.165) is 12.4 Å². The van der Waals surface area contributed by atoms with E-state index in [2.05, 4.69) is 25.5 Å². The van der Waals surface area contributed by atoms with Crippen LogP contribution in [0.25, 0.3) is 0 Å². The third kappa shape index (κ3) is 2.51. The van der Waals surface area contributed by atoms with E-state index in [1.54, 1.807) is 6.33 Å². The Labute approximate surface area is 109 Å². The number of aryl methyl sites for hydroxylation is 1. The van der Waals surface area contributed by atoms with Crippen LogP contribution in [0.4, 0.5) is 5.82 Å². The maximum atomic E-state index is 5.90. The summed E-state index contributed by atoms with van der Waals surface area (Å²) in [5.74, 6) is 1.76. The molecule has 0 saturated heterocycles. The molecule has 7 nitrogen and oxygen atoms in total. The number of methoxy groups -OCH3 is 1. The molecule has 0 bridgehead atoms. The molecule has 2 heterocycles. The van der Waals surface area contributed by atoms with Gasteiger partial charge >= 0.3 is 0 Å². The van der Waals surface area contributed by atoms with E-state index in [9.17, 15) is 0 Å². The summed E-state index contributed by atoms with van der Waals surface area (Å²) in [5.41, 5.74) is 0. The van der Waals surface area contributed by atoms with Crippen molar-refractivity contribution in [3.8, 4) is 5.75 Å². The first kappa shape index (κ1) is 12.6. The first-order valence-electron chi connectivity index (χ1n) is 5.41. The van der Waals surface area contributed by atoms with Gasteiger partial charge in [0.2, 0.25) is 0 Å². The van der Waals surface area contributed by atoms with E-state index in [-0.39, 0.29) is 5.15 Å². The molecule has 0 radical (unpaired) electrons. The van der Waals surface area contributed by atoms with Gasteiger partial charge in [0.25, 0.3) is 0 Å². The maximum absolute atomic E-state index is 5.90. The molecule has 0 aliphatic heterocycles. The number of nitrogens with one attached hydrogen (secondary N) is 1. The lowest BCUT2D eigenvalue weighted by atomic mass is 10.4. The van der Waals surface area contributed by atoms with E-state index in [4.69, 9.17) is 16.3 Å². The summed E-state index contributed by atoms with van der Waals surface area (Å²) in [6.07, 6.45) is 3.05. The van der Waals surface area contributed by atoms with Crippen molar-refractivity contribution in [1.82, 2.24) is 24.7 Å². The average Bonchev–Trinajstić information content (AvgIpc) is 2.83. The third-order valence-corrected chi connectivity index (χ3v) is 2.68. The number of aromatic nitrogens is 5. The molecule has 0 aromatic carbocycles. The highest BCUT2D eigenvalue weighted by molar-refractivity contribution is 6.31. The van der Waals surface area contributed by atoms with Gasteiger partial charge in [0.1, 0.15) is 12.7 Å². The van der Waals surface area contributed by atoms with Crippen molar-refractivity contribution in [3.05, 3.63) is 23.6 Å². The largest absolute Gasteiger partial charge is 0.490 e. The van der Waals surface area contributed by atoms with Crippen LogP contribution < -0.4 is 10.1 Å². The second-order valence-electron chi connectivity index (χ2n) is 3.43. The van der Waals surface area contributed by atoms with Crippen LogP contribution >= 0.6 is 11.6 Å². The van der Waals surface area contributed by atoms with Crippen LogP contribution in [0.2, 0.25) is 5.15 Å². The Balaban J connectivity index is 2.13. The fourth-order valence-electron chi connectivity index (χ4n) is 1.50. The summed E-state index contributed by atoms with van der Waals surface area (Å²) in [4.78, 5) is 7.92. The van der Waals surface area contributed by atoms with Gasteiger partial charge in [0, 0.05) is 6.54 Å². The highest BCUT2D eigenvalue weighted by Gasteiger charge is 2.11. The summed E-state index contributed by atoms with van der Waals surface area (Å²) in [7, 11) is 1.52. The van der Waals surface area contributed by atoms with Crippen LogP contribution in [0.15, 0.2) is 12.7 Å². The van der Waals surface area contributed by atoms with Crippen LogP contribution in [0.3, 0.4) is 0 Å². The summed E-state index contributed by atoms with van der Waals surface area (Å²) < 4.78 is 7.07. The second kappa shape index (κ2) is 5.63. The summed E-state index contributed by atoms with van der Waals surface area (Å²) in [6, 6.07) is 0. The van der Waals surface area contributed by atoms with Gasteiger partial charge in [-0.05, 0) is 6.92 Å². The van der Waals surface area contributed by atoms with Crippen molar-refractivity contribution in [2.24, 2.45) is 0 Å². The highest BCUT2D eigenvalue weighted by Crippen LogP contribution is 2.28. The molecule has 2 aromatic rings. The standard InChI is InChI=1S/C10H13ClN6O/c1-3-17-6-15-16-7(17)4-12-10-8(18-2)9(11)13-5-14-10/h5-6H,3-4H2,1-2H3,(H,12,13,14). The van der Waals surface area contributed by atoms with Crippen molar-refractivity contribution in [3.63, 3.8) is 0 Å². The Morgan fingerprint density at radius 1 is 1.44 bits per heavy atom. The molecule has 1 N–H and O–H groups in total. The molecule has 18 heavy (non-hydrogen) atoms. The molecule has 0 saturated carbocycles. The smallest absolute Gasteiger partial charge is 0.198 e. The number of nitrogens with zero attached hydrogens (tertiary/aromatic N) is 5. The van der Waals surface area contributed by atoms with E-state index in [1.807, 2.05) is 11.5 Å². The quantitative estimate of drug-likeness (QED) is 0.825. The molecule has 8 heteroatoms. The maximum Gasteiger partial charge on any atom is 0.198 e. The lowest BCUT2D eigenvalue weighted by molar-refractivity contribution is 0.413. The van der Waals surface area contributed by atoms with Crippen LogP contribution in [0.1, 0.15) is 12.7 Å². The zero-order valence-electron chi connectivity index (χ0n) is 10.1. The van der Waals surface area contributed by atoms with Crippen molar-refractivity contribution in [2.75, 3.05) is 12.4 Å². The predicted molar refractivity (Wildman–Crippen MR) is 66.6 cm³/mol. The van der Waals surface area contributed by atoms with E-state index < -0.39 is 0 Å².